The minimum Gasteiger partial charge on any atom is -0.447 e. The van der Waals surface area contributed by atoms with Crippen LogP contribution in [0.15, 0.2) is 170 Å². The Labute approximate surface area is 279 Å². The van der Waals surface area contributed by atoms with Crippen molar-refractivity contribution in [2.24, 2.45) is 0 Å². The van der Waals surface area contributed by atoms with Crippen molar-refractivity contribution in [1.82, 2.24) is 5.06 Å². The summed E-state index contributed by atoms with van der Waals surface area (Å²) in [5.41, 5.74) is 5.72. The smallest absolute Gasteiger partial charge is 0.447 e. The van der Waals surface area contributed by atoms with Crippen LogP contribution >= 0.6 is 7.82 Å². The van der Waals surface area contributed by atoms with Crippen molar-refractivity contribution >= 4 is 13.9 Å². The predicted molar refractivity (Wildman–Crippen MR) is 184 cm³/mol. The number of ether oxygens (including phenoxy) is 1. The van der Waals surface area contributed by atoms with Gasteiger partial charge in [0.15, 0.2) is 0 Å². The third kappa shape index (κ3) is 6.74. The summed E-state index contributed by atoms with van der Waals surface area (Å²) >= 11 is 0. The summed E-state index contributed by atoms with van der Waals surface area (Å²) in [6, 6.07) is 51.1. The van der Waals surface area contributed by atoms with E-state index in [-0.39, 0.29) is 24.0 Å². The minimum atomic E-state index is -4.60. The summed E-state index contributed by atoms with van der Waals surface area (Å²) in [6.07, 6.45) is -0.858. The van der Waals surface area contributed by atoms with Crippen LogP contribution in [0.25, 0.3) is 11.1 Å². The van der Waals surface area contributed by atoms with Crippen LogP contribution in [0.1, 0.15) is 34.2 Å². The zero-order valence-electron chi connectivity index (χ0n) is 25.9. The standard InChI is InChI=1S/C40H32NO6P/c42-40(44-29-38-36-27-15-13-25-34(36)35-26-14-16-28-37(35)38)41(39(30-17-5-1-6-18-30)31-19-7-2-8-20-31)47-48(43,45-32-21-9-3-10-22-32)46-33-23-11-4-12-24-33/h1-28,38-39H,29H2. The normalized spacial score (nSPS) is 12.2. The Morgan fingerprint density at radius 1 is 0.562 bits per heavy atom. The van der Waals surface area contributed by atoms with E-state index in [4.69, 9.17) is 18.4 Å². The molecule has 0 atom stereocenters. The molecule has 6 aromatic carbocycles. The van der Waals surface area contributed by atoms with Gasteiger partial charge in [0.2, 0.25) is 0 Å². The maximum atomic E-state index is 14.7. The molecule has 0 aromatic heterocycles. The van der Waals surface area contributed by atoms with Crippen LogP contribution in [-0.4, -0.2) is 17.8 Å². The van der Waals surface area contributed by atoms with Crippen LogP contribution in [0.4, 0.5) is 4.79 Å². The molecule has 0 spiro atoms. The van der Waals surface area contributed by atoms with E-state index in [0.717, 1.165) is 27.3 Å². The van der Waals surface area contributed by atoms with Crippen molar-refractivity contribution in [1.29, 1.82) is 0 Å². The largest absolute Gasteiger partial charge is 0.610 e. The summed E-state index contributed by atoms with van der Waals surface area (Å²) in [4.78, 5) is 14.4. The first-order valence-corrected chi connectivity index (χ1v) is 17.1. The number of benzene rings is 6. The molecule has 0 fully saturated rings. The third-order valence-electron chi connectivity index (χ3n) is 8.09. The first kappa shape index (κ1) is 31.0. The molecule has 0 aliphatic heterocycles. The molecule has 1 amide bonds. The summed E-state index contributed by atoms with van der Waals surface area (Å²) in [5.74, 6) is 0.267. The number of amides is 1. The van der Waals surface area contributed by atoms with Crippen molar-refractivity contribution in [2.45, 2.75) is 12.0 Å². The molecule has 6 aromatic rings. The molecule has 0 saturated heterocycles. The Balaban J connectivity index is 1.28. The lowest BCUT2D eigenvalue weighted by Gasteiger charge is -2.32. The maximum absolute atomic E-state index is 14.7. The van der Waals surface area contributed by atoms with Gasteiger partial charge in [-0.25, -0.2) is 9.36 Å². The van der Waals surface area contributed by atoms with Crippen LogP contribution in [0.5, 0.6) is 11.5 Å². The molecule has 0 radical (unpaired) electrons. The Hall–Kier alpha value is -5.62. The van der Waals surface area contributed by atoms with Gasteiger partial charge in [0, 0.05) is 5.92 Å². The van der Waals surface area contributed by atoms with Gasteiger partial charge in [-0.3, -0.25) is 0 Å². The number of hydrogen-bond donors (Lipinski definition) is 0. The quantitative estimate of drug-likeness (QED) is 0.102. The van der Waals surface area contributed by atoms with Gasteiger partial charge in [0.25, 0.3) is 0 Å². The first-order valence-electron chi connectivity index (χ1n) is 15.6. The number of fused-ring (bicyclic) bond motifs is 3. The molecular weight excluding hydrogens is 621 g/mol. The van der Waals surface area contributed by atoms with Gasteiger partial charge in [-0.15, -0.1) is 4.62 Å². The molecule has 48 heavy (non-hydrogen) atoms. The topological polar surface area (TPSA) is 74.3 Å². The van der Waals surface area contributed by atoms with Crippen molar-refractivity contribution in [3.63, 3.8) is 0 Å². The molecule has 0 unspecified atom stereocenters. The van der Waals surface area contributed by atoms with Gasteiger partial charge in [0.05, 0.1) is 0 Å². The average molecular weight is 654 g/mol. The second-order valence-corrected chi connectivity index (χ2v) is 12.6. The zero-order valence-corrected chi connectivity index (χ0v) is 26.8. The SMILES string of the molecule is O=C(OCC1c2ccccc2-c2ccccc21)N(OP(=O)(Oc1ccccc1)Oc1ccccc1)C(c1ccccc1)c1ccccc1. The van der Waals surface area contributed by atoms with Gasteiger partial charge < -0.3 is 13.8 Å². The van der Waals surface area contributed by atoms with Crippen LogP contribution < -0.4 is 9.05 Å². The molecule has 7 rings (SSSR count). The van der Waals surface area contributed by atoms with Crippen molar-refractivity contribution < 1.29 is 27.8 Å². The molecule has 8 heteroatoms. The number of carbonyl (C=O) groups is 1. The van der Waals surface area contributed by atoms with Gasteiger partial charge in [0.1, 0.15) is 24.1 Å². The molecule has 7 nitrogen and oxygen atoms in total. The molecule has 0 bridgehead atoms. The van der Waals surface area contributed by atoms with Gasteiger partial charge in [-0.05, 0) is 57.6 Å². The van der Waals surface area contributed by atoms with E-state index >= 15 is 0 Å². The number of phosphoric ester groups is 1. The highest BCUT2D eigenvalue weighted by Gasteiger charge is 2.42. The molecule has 0 saturated carbocycles. The maximum Gasteiger partial charge on any atom is 0.610 e. The molecular formula is C40H32NO6P. The van der Waals surface area contributed by atoms with Crippen LogP contribution in [-0.2, 0) is 13.9 Å². The molecule has 1 aliphatic rings. The van der Waals surface area contributed by atoms with E-state index in [9.17, 15) is 9.36 Å². The predicted octanol–water partition coefficient (Wildman–Crippen LogP) is 10.2. The van der Waals surface area contributed by atoms with Gasteiger partial charge >= 0.3 is 13.9 Å². The van der Waals surface area contributed by atoms with Crippen LogP contribution in [0.3, 0.4) is 0 Å². The Kier molecular flexibility index (Phi) is 9.05. The van der Waals surface area contributed by atoms with E-state index in [1.807, 2.05) is 84.9 Å². The van der Waals surface area contributed by atoms with Gasteiger partial charge in [-0.1, -0.05) is 146 Å². The average Bonchev–Trinajstić information content (AvgIpc) is 3.45. The van der Waals surface area contributed by atoms with E-state index < -0.39 is 20.0 Å². The molecule has 238 valence electrons. The fourth-order valence-electron chi connectivity index (χ4n) is 5.96. The summed E-state index contributed by atoms with van der Waals surface area (Å²) in [7, 11) is -4.60. The second-order valence-electron chi connectivity index (χ2n) is 11.2. The number of nitrogens with zero attached hydrogens (tertiary/aromatic N) is 1. The molecule has 0 N–H and O–H groups in total. The zero-order chi connectivity index (χ0) is 32.8. The number of carbonyl (C=O) groups excluding carboxylic acids is 1. The fraction of sp³-hybridized carbons (Fsp3) is 0.0750. The summed E-state index contributed by atoms with van der Waals surface area (Å²) in [6.45, 7) is 0.0202. The number of para-hydroxylation sites is 2. The first-order chi connectivity index (χ1) is 23.6. The highest BCUT2D eigenvalue weighted by Crippen LogP contribution is 2.52. The van der Waals surface area contributed by atoms with Crippen molar-refractivity contribution in [3.05, 3.63) is 192 Å². The lowest BCUT2D eigenvalue weighted by molar-refractivity contribution is -0.0851. The number of hydrogen-bond acceptors (Lipinski definition) is 6. The highest BCUT2D eigenvalue weighted by atomic mass is 31.2. The number of phosphoric acid groups is 1. The molecule has 1 aliphatic carbocycles. The summed E-state index contributed by atoms with van der Waals surface area (Å²) < 4.78 is 38.9. The van der Waals surface area contributed by atoms with Gasteiger partial charge in [-0.2, -0.15) is 5.06 Å². The minimum absolute atomic E-state index is 0.0202. The lowest BCUT2D eigenvalue weighted by atomic mass is 9.98. The Morgan fingerprint density at radius 2 is 0.958 bits per heavy atom. The summed E-state index contributed by atoms with van der Waals surface area (Å²) in [5, 5.41) is 0.976. The van der Waals surface area contributed by atoms with Crippen LogP contribution in [0.2, 0.25) is 0 Å². The van der Waals surface area contributed by atoms with E-state index in [1.54, 1.807) is 60.7 Å². The van der Waals surface area contributed by atoms with Crippen LogP contribution in [0, 0.1) is 0 Å². The van der Waals surface area contributed by atoms with Crippen molar-refractivity contribution in [2.75, 3.05) is 6.61 Å². The third-order valence-corrected chi connectivity index (χ3v) is 9.33. The Bertz CT molecular complexity index is 1900. The lowest BCUT2D eigenvalue weighted by Crippen LogP contribution is -2.37. The second kappa shape index (κ2) is 14.0. The number of hydroxylamine groups is 2. The van der Waals surface area contributed by atoms with E-state index in [1.165, 1.54) is 0 Å². The van der Waals surface area contributed by atoms with E-state index in [2.05, 4.69) is 24.3 Å². The fourth-order valence-corrected chi connectivity index (χ4v) is 7.20. The Morgan fingerprint density at radius 3 is 1.42 bits per heavy atom. The monoisotopic (exact) mass is 653 g/mol. The number of rotatable bonds is 11. The molecule has 0 heterocycles. The van der Waals surface area contributed by atoms with E-state index in [0.29, 0.717) is 11.1 Å². The highest BCUT2D eigenvalue weighted by molar-refractivity contribution is 7.49. The van der Waals surface area contributed by atoms with Crippen molar-refractivity contribution in [3.8, 4) is 22.6 Å².